The van der Waals surface area contributed by atoms with Crippen molar-refractivity contribution in [1.29, 1.82) is 0 Å². The van der Waals surface area contributed by atoms with E-state index < -0.39 is 0 Å². The molecule has 4 nitrogen and oxygen atoms in total. The minimum Gasteiger partial charge on any atom is -0.487 e. The van der Waals surface area contributed by atoms with Crippen LogP contribution in [0.2, 0.25) is 0 Å². The van der Waals surface area contributed by atoms with Crippen LogP contribution < -0.4 is 15.4 Å². The number of ether oxygens (including phenoxy) is 1. The van der Waals surface area contributed by atoms with Crippen molar-refractivity contribution in [2.75, 3.05) is 5.32 Å². The first kappa shape index (κ1) is 24.9. The van der Waals surface area contributed by atoms with Crippen LogP contribution in [0.25, 0.3) is 16.8 Å². The number of hydrogen-bond donors (Lipinski definition) is 2. The molecule has 1 aliphatic rings. The van der Waals surface area contributed by atoms with Crippen molar-refractivity contribution in [2.45, 2.75) is 25.4 Å². The molecule has 1 atom stereocenters. The number of nitrogens with one attached hydrogen (secondary N) is 2. The number of hydrogen-bond acceptors (Lipinski definition) is 4. The van der Waals surface area contributed by atoms with Crippen LogP contribution in [0, 0.1) is 0 Å². The minimum atomic E-state index is -0.215. The Hall–Kier alpha value is -2.74. The predicted octanol–water partition coefficient (Wildman–Crippen LogP) is 8.11. The lowest BCUT2D eigenvalue weighted by molar-refractivity contribution is -0.116. The Bertz CT molecular complexity index is 1430. The maximum absolute atomic E-state index is 12.6. The molecule has 182 valence electrons. The van der Waals surface area contributed by atoms with Gasteiger partial charge in [-0.3, -0.25) is 4.79 Å². The van der Waals surface area contributed by atoms with Crippen LogP contribution in [-0.4, -0.2) is 11.4 Å². The van der Waals surface area contributed by atoms with E-state index in [1.165, 1.54) is 28.1 Å². The van der Waals surface area contributed by atoms with E-state index in [-0.39, 0.29) is 11.4 Å². The van der Waals surface area contributed by atoms with Gasteiger partial charge in [0.25, 0.3) is 5.91 Å². The maximum atomic E-state index is 12.6. The highest BCUT2D eigenvalue weighted by atomic mass is 79.9. The zero-order chi connectivity index (χ0) is 25.1. The Morgan fingerprint density at radius 2 is 1.64 bits per heavy atom. The summed E-state index contributed by atoms with van der Waals surface area (Å²) in [5, 5.41) is 8.76. The Balaban J connectivity index is 1.26. The summed E-state index contributed by atoms with van der Waals surface area (Å²) in [4.78, 5) is 13.2. The number of aryl methyl sites for hydroxylation is 1. The SMILES string of the molecule is CCc1ccc(N[C@@H]2NC(=O)/C(=C/c3cc(Br)c(OCc4ccc5ccccc5c4)c(Br)c3)S2)cc1. The second-order valence-corrected chi connectivity index (χ2v) is 11.3. The normalized spacial score (nSPS) is 16.4. The van der Waals surface area contributed by atoms with Gasteiger partial charge < -0.3 is 15.4 Å². The summed E-state index contributed by atoms with van der Waals surface area (Å²) >= 11 is 8.75. The van der Waals surface area contributed by atoms with Crippen molar-refractivity contribution in [3.8, 4) is 5.75 Å². The molecule has 0 bridgehead atoms. The molecule has 1 fully saturated rings. The lowest BCUT2D eigenvalue weighted by Crippen LogP contribution is -2.30. The van der Waals surface area contributed by atoms with E-state index in [1.54, 1.807) is 0 Å². The average Bonchev–Trinajstić information content (AvgIpc) is 3.22. The fraction of sp³-hybridized carbons (Fsp3) is 0.138. The number of thioether (sulfide) groups is 1. The second-order valence-electron chi connectivity index (χ2n) is 8.46. The van der Waals surface area contributed by atoms with Gasteiger partial charge in [0.1, 0.15) is 12.4 Å². The summed E-state index contributed by atoms with van der Waals surface area (Å²) in [6.07, 6.45) is 2.89. The van der Waals surface area contributed by atoms with Crippen LogP contribution in [0.1, 0.15) is 23.6 Å². The molecular formula is C29H24Br2N2O2S. The number of carbonyl (C=O) groups is 1. The first-order valence-corrected chi connectivity index (χ1v) is 14.1. The summed E-state index contributed by atoms with van der Waals surface area (Å²) < 4.78 is 7.78. The van der Waals surface area contributed by atoms with Gasteiger partial charge in [0.2, 0.25) is 0 Å². The number of amides is 1. The van der Waals surface area contributed by atoms with Crippen LogP contribution in [0.15, 0.2) is 92.7 Å². The van der Waals surface area contributed by atoms with Gasteiger partial charge in [0.05, 0.1) is 13.9 Å². The fourth-order valence-electron chi connectivity index (χ4n) is 3.99. The van der Waals surface area contributed by atoms with Crippen molar-refractivity contribution < 1.29 is 9.53 Å². The molecule has 5 rings (SSSR count). The largest absolute Gasteiger partial charge is 0.487 e. The molecule has 2 N–H and O–H groups in total. The molecule has 4 aromatic rings. The van der Waals surface area contributed by atoms with Crippen molar-refractivity contribution in [3.63, 3.8) is 0 Å². The highest BCUT2D eigenvalue weighted by molar-refractivity contribution is 9.11. The first-order chi connectivity index (χ1) is 17.5. The second kappa shape index (κ2) is 11.1. The number of rotatable bonds is 7. The van der Waals surface area contributed by atoms with E-state index in [0.717, 1.165) is 37.9 Å². The van der Waals surface area contributed by atoms with Crippen molar-refractivity contribution in [1.82, 2.24) is 5.32 Å². The van der Waals surface area contributed by atoms with E-state index in [4.69, 9.17) is 4.74 Å². The summed E-state index contributed by atoms with van der Waals surface area (Å²) in [6.45, 7) is 2.58. The molecule has 7 heteroatoms. The van der Waals surface area contributed by atoms with Crippen LogP contribution in [-0.2, 0) is 17.8 Å². The van der Waals surface area contributed by atoms with E-state index in [9.17, 15) is 4.79 Å². The Morgan fingerprint density at radius 3 is 2.36 bits per heavy atom. The van der Waals surface area contributed by atoms with Crippen LogP contribution in [0.4, 0.5) is 5.69 Å². The average molecular weight is 624 g/mol. The molecule has 0 radical (unpaired) electrons. The summed E-state index contributed by atoms with van der Waals surface area (Å²) in [5.41, 5.74) is 4.04. The van der Waals surface area contributed by atoms with Crippen LogP contribution in [0.5, 0.6) is 5.75 Å². The molecule has 0 aliphatic carbocycles. The minimum absolute atomic E-state index is 0.0912. The predicted molar refractivity (Wildman–Crippen MR) is 157 cm³/mol. The lowest BCUT2D eigenvalue weighted by Gasteiger charge is -2.13. The number of fused-ring (bicyclic) bond motifs is 1. The molecule has 4 aromatic carbocycles. The van der Waals surface area contributed by atoms with Gasteiger partial charge in [-0.2, -0.15) is 0 Å². The van der Waals surface area contributed by atoms with Gasteiger partial charge in [-0.05, 0) is 102 Å². The molecule has 1 amide bonds. The van der Waals surface area contributed by atoms with E-state index >= 15 is 0 Å². The Morgan fingerprint density at radius 1 is 0.944 bits per heavy atom. The molecule has 0 saturated carbocycles. The van der Waals surface area contributed by atoms with Gasteiger partial charge in [-0.1, -0.05) is 67.2 Å². The van der Waals surface area contributed by atoms with Gasteiger partial charge in [-0.25, -0.2) is 0 Å². The number of benzene rings is 4. The topological polar surface area (TPSA) is 50.4 Å². The molecule has 0 unspecified atom stereocenters. The quantitative estimate of drug-likeness (QED) is 0.204. The first-order valence-electron chi connectivity index (χ1n) is 11.6. The Kier molecular flexibility index (Phi) is 7.70. The number of carbonyl (C=O) groups excluding carboxylic acids is 1. The van der Waals surface area contributed by atoms with Crippen LogP contribution >= 0.6 is 43.6 Å². The van der Waals surface area contributed by atoms with Gasteiger partial charge in [0, 0.05) is 5.69 Å². The van der Waals surface area contributed by atoms with Crippen molar-refractivity contribution in [3.05, 3.63) is 109 Å². The number of anilines is 1. The zero-order valence-electron chi connectivity index (χ0n) is 19.6. The summed E-state index contributed by atoms with van der Waals surface area (Å²) in [5.74, 6) is 0.635. The highest BCUT2D eigenvalue weighted by Gasteiger charge is 2.27. The molecule has 36 heavy (non-hydrogen) atoms. The molecular weight excluding hydrogens is 600 g/mol. The molecule has 0 spiro atoms. The maximum Gasteiger partial charge on any atom is 0.260 e. The van der Waals surface area contributed by atoms with E-state index in [2.05, 4.69) is 91.9 Å². The summed E-state index contributed by atoms with van der Waals surface area (Å²) in [6, 6.07) is 26.8. The zero-order valence-corrected chi connectivity index (χ0v) is 23.5. The monoisotopic (exact) mass is 622 g/mol. The molecule has 1 aliphatic heterocycles. The molecule has 1 saturated heterocycles. The third-order valence-corrected chi connectivity index (χ3v) is 8.11. The smallest absolute Gasteiger partial charge is 0.260 e. The van der Waals surface area contributed by atoms with Crippen LogP contribution in [0.3, 0.4) is 0 Å². The van der Waals surface area contributed by atoms with Crippen molar-refractivity contribution in [2.24, 2.45) is 0 Å². The van der Waals surface area contributed by atoms with E-state index in [1.807, 2.05) is 42.5 Å². The lowest BCUT2D eigenvalue weighted by atomic mass is 10.1. The molecule has 0 aromatic heterocycles. The number of halogens is 2. The standard InChI is InChI=1S/C29H24Br2N2O2S/c1-2-18-8-11-23(12-9-18)32-29-33-28(34)26(36-29)16-20-14-24(30)27(25(31)15-20)35-17-19-7-10-21-5-3-4-6-22(21)13-19/h3-16,29,32H,2,17H2,1H3,(H,33,34)/b26-16-/t29-/m1/s1. The van der Waals surface area contributed by atoms with Gasteiger partial charge >= 0.3 is 0 Å². The third-order valence-electron chi connectivity index (χ3n) is 5.91. The van der Waals surface area contributed by atoms with E-state index in [0.29, 0.717) is 11.5 Å². The van der Waals surface area contributed by atoms with Gasteiger partial charge in [-0.15, -0.1) is 0 Å². The molecule has 1 heterocycles. The van der Waals surface area contributed by atoms with Gasteiger partial charge in [0.15, 0.2) is 5.50 Å². The Labute approximate surface area is 231 Å². The van der Waals surface area contributed by atoms with Crippen molar-refractivity contribution >= 4 is 72.1 Å². The third kappa shape index (κ3) is 5.80. The fourth-order valence-corrected chi connectivity index (χ4v) is 6.43. The highest BCUT2D eigenvalue weighted by Crippen LogP contribution is 2.37. The summed E-state index contributed by atoms with van der Waals surface area (Å²) in [7, 11) is 0.